The van der Waals surface area contributed by atoms with Crippen molar-refractivity contribution in [3.8, 4) is 5.75 Å². The van der Waals surface area contributed by atoms with Gasteiger partial charge in [0, 0.05) is 29.3 Å². The van der Waals surface area contributed by atoms with Crippen molar-refractivity contribution >= 4 is 28.2 Å². The first-order valence-electron chi connectivity index (χ1n) is 7.07. The lowest BCUT2D eigenvalue weighted by Crippen LogP contribution is -2.36. The molecule has 1 saturated heterocycles. The van der Waals surface area contributed by atoms with Crippen LogP contribution < -0.4 is 0 Å². The highest BCUT2D eigenvalue weighted by Crippen LogP contribution is 2.19. The molecular weight excluding hydrogens is 336 g/mol. The monoisotopic (exact) mass is 354 g/mol. The van der Waals surface area contributed by atoms with E-state index in [1.807, 2.05) is 0 Å². The fourth-order valence-electron chi connectivity index (χ4n) is 2.15. The maximum Gasteiger partial charge on any atom is 0.409 e. The highest BCUT2D eigenvalue weighted by atomic mass is 79.9. The highest BCUT2D eigenvalue weighted by molar-refractivity contribution is 9.10. The Kier molecular flexibility index (Phi) is 6.04. The third-order valence-electron chi connectivity index (χ3n) is 3.27. The molecule has 1 aromatic carbocycles. The molecule has 1 N–H and O–H groups in total. The van der Waals surface area contributed by atoms with Crippen LogP contribution >= 0.6 is 15.9 Å². The van der Waals surface area contributed by atoms with Gasteiger partial charge in [0.25, 0.3) is 0 Å². The second-order valence-electron chi connectivity index (χ2n) is 4.90. The summed E-state index contributed by atoms with van der Waals surface area (Å²) in [7, 11) is 0. The topological polar surface area (TPSA) is 62.1 Å². The number of aliphatic imine (C=N–C) groups is 1. The van der Waals surface area contributed by atoms with Gasteiger partial charge in [0.15, 0.2) is 0 Å². The molecule has 2 rings (SSSR count). The predicted molar refractivity (Wildman–Crippen MR) is 85.0 cm³/mol. The number of phenolic OH excluding ortho intramolecular Hbond substituents is 1. The summed E-state index contributed by atoms with van der Waals surface area (Å²) in [5, 5.41) is 9.40. The van der Waals surface area contributed by atoms with Crippen molar-refractivity contribution in [2.45, 2.75) is 19.3 Å². The van der Waals surface area contributed by atoms with Gasteiger partial charge in [-0.2, -0.15) is 0 Å². The molecule has 0 aliphatic carbocycles. The van der Waals surface area contributed by atoms with Crippen molar-refractivity contribution in [3.05, 3.63) is 28.2 Å². The third kappa shape index (κ3) is 5.04. The maximum atomic E-state index is 11.7. The molecule has 0 spiro atoms. The number of hydrogen-bond acceptors (Lipinski definition) is 4. The first-order valence-corrected chi connectivity index (χ1v) is 7.86. The molecule has 1 heterocycles. The summed E-state index contributed by atoms with van der Waals surface area (Å²) in [5.41, 5.74) is 0.789. The minimum Gasteiger partial charge on any atom is -0.508 e. The number of nitrogens with zero attached hydrogens (tertiary/aromatic N) is 2. The average Bonchev–Trinajstić information content (AvgIpc) is 2.51. The molecule has 0 saturated carbocycles. The summed E-state index contributed by atoms with van der Waals surface area (Å²) in [6.45, 7) is 2.25. The highest BCUT2D eigenvalue weighted by Gasteiger charge is 2.16. The lowest BCUT2D eigenvalue weighted by atomic mass is 10.1. The number of carbonyl (C=O) groups is 1. The van der Waals surface area contributed by atoms with Crippen molar-refractivity contribution < 1.29 is 14.6 Å². The summed E-state index contributed by atoms with van der Waals surface area (Å²) >= 11 is 3.38. The Bertz CT molecular complexity index is 514. The van der Waals surface area contributed by atoms with E-state index in [-0.39, 0.29) is 18.4 Å². The van der Waals surface area contributed by atoms with Crippen LogP contribution in [-0.2, 0) is 4.74 Å². The normalized spacial score (nSPS) is 15.4. The van der Waals surface area contributed by atoms with Gasteiger partial charge in [-0.3, -0.25) is 4.99 Å². The van der Waals surface area contributed by atoms with Crippen LogP contribution in [0.4, 0.5) is 4.79 Å². The molecule has 0 bridgehead atoms. The molecule has 1 aromatic rings. The number of piperidine rings is 1. The summed E-state index contributed by atoms with van der Waals surface area (Å²) in [5.74, 6) is 0.191. The van der Waals surface area contributed by atoms with E-state index < -0.39 is 0 Å². The third-order valence-corrected chi connectivity index (χ3v) is 3.99. The molecule has 21 heavy (non-hydrogen) atoms. The number of likely N-dealkylation sites (tertiary alicyclic amines) is 1. The molecule has 5 nitrogen and oxygen atoms in total. The first kappa shape index (κ1) is 15.8. The number of phenols is 1. The molecule has 1 amide bonds. The Balaban J connectivity index is 1.72. The summed E-state index contributed by atoms with van der Waals surface area (Å²) in [4.78, 5) is 17.7. The number of aromatic hydroxyl groups is 1. The Labute approximate surface area is 132 Å². The van der Waals surface area contributed by atoms with E-state index in [9.17, 15) is 9.90 Å². The molecule has 1 fully saturated rings. The van der Waals surface area contributed by atoms with Crippen molar-refractivity contribution in [2.24, 2.45) is 4.99 Å². The number of ether oxygens (including phenoxy) is 1. The quantitative estimate of drug-likeness (QED) is 0.667. The Hall–Kier alpha value is -1.56. The van der Waals surface area contributed by atoms with Gasteiger partial charge in [-0.05, 0) is 37.5 Å². The average molecular weight is 355 g/mol. The van der Waals surface area contributed by atoms with Gasteiger partial charge in [-0.15, -0.1) is 0 Å². The van der Waals surface area contributed by atoms with Gasteiger partial charge in [-0.1, -0.05) is 15.9 Å². The van der Waals surface area contributed by atoms with Crippen LogP contribution in [0.1, 0.15) is 24.8 Å². The lowest BCUT2D eigenvalue weighted by molar-refractivity contribution is 0.0978. The van der Waals surface area contributed by atoms with Crippen LogP contribution in [0.25, 0.3) is 0 Å². The predicted octanol–water partition coefficient (Wildman–Crippen LogP) is 3.20. The number of benzene rings is 1. The number of carbonyl (C=O) groups excluding carboxylic acids is 1. The van der Waals surface area contributed by atoms with Gasteiger partial charge in [0.05, 0.1) is 6.54 Å². The van der Waals surface area contributed by atoms with Crippen LogP contribution in [0.3, 0.4) is 0 Å². The van der Waals surface area contributed by atoms with Crippen LogP contribution in [0.2, 0.25) is 0 Å². The lowest BCUT2D eigenvalue weighted by Gasteiger charge is -2.25. The van der Waals surface area contributed by atoms with Crippen molar-refractivity contribution in [3.63, 3.8) is 0 Å². The number of hydrogen-bond donors (Lipinski definition) is 1. The van der Waals surface area contributed by atoms with Gasteiger partial charge in [0.2, 0.25) is 0 Å². The number of halogens is 1. The molecule has 114 valence electrons. The molecule has 0 unspecified atom stereocenters. The second kappa shape index (κ2) is 8.02. The van der Waals surface area contributed by atoms with Gasteiger partial charge in [-0.25, -0.2) is 4.79 Å². The van der Waals surface area contributed by atoms with Crippen LogP contribution in [0, 0.1) is 0 Å². The Morgan fingerprint density at radius 1 is 1.38 bits per heavy atom. The standard InChI is InChI=1S/C15H19BrN2O3/c16-14-5-4-13(19)10-12(14)11-17-6-9-21-15(20)18-7-2-1-3-8-18/h4-5,10-11,19H,1-3,6-9H2. The molecule has 0 radical (unpaired) electrons. The van der Waals surface area contributed by atoms with E-state index in [0.717, 1.165) is 36.0 Å². The number of rotatable bonds is 4. The molecule has 6 heteroatoms. The van der Waals surface area contributed by atoms with Crippen LogP contribution in [-0.4, -0.2) is 48.6 Å². The zero-order chi connectivity index (χ0) is 15.1. The minimum absolute atomic E-state index is 0.191. The largest absolute Gasteiger partial charge is 0.508 e. The zero-order valence-electron chi connectivity index (χ0n) is 11.8. The first-order chi connectivity index (χ1) is 10.2. The molecule has 0 aromatic heterocycles. The van der Waals surface area contributed by atoms with Gasteiger partial charge < -0.3 is 14.7 Å². The van der Waals surface area contributed by atoms with E-state index in [1.165, 1.54) is 6.42 Å². The van der Waals surface area contributed by atoms with Crippen molar-refractivity contribution in [2.75, 3.05) is 26.2 Å². The fourth-order valence-corrected chi connectivity index (χ4v) is 2.50. The van der Waals surface area contributed by atoms with E-state index in [2.05, 4.69) is 20.9 Å². The van der Waals surface area contributed by atoms with Crippen molar-refractivity contribution in [1.29, 1.82) is 0 Å². The maximum absolute atomic E-state index is 11.7. The SMILES string of the molecule is O=C(OCCN=Cc1cc(O)ccc1Br)N1CCCCC1. The number of amides is 1. The van der Waals surface area contributed by atoms with Crippen LogP contribution in [0.5, 0.6) is 5.75 Å². The van der Waals surface area contributed by atoms with E-state index in [1.54, 1.807) is 29.3 Å². The molecular formula is C15H19BrN2O3. The Morgan fingerprint density at radius 3 is 2.90 bits per heavy atom. The van der Waals surface area contributed by atoms with E-state index in [0.29, 0.717) is 6.54 Å². The van der Waals surface area contributed by atoms with E-state index in [4.69, 9.17) is 4.74 Å². The second-order valence-corrected chi connectivity index (χ2v) is 5.76. The summed E-state index contributed by atoms with van der Waals surface area (Å²) in [6.07, 6.45) is 4.70. The zero-order valence-corrected chi connectivity index (χ0v) is 13.4. The van der Waals surface area contributed by atoms with Gasteiger partial charge in [0.1, 0.15) is 12.4 Å². The van der Waals surface area contributed by atoms with Crippen LogP contribution in [0.15, 0.2) is 27.7 Å². The van der Waals surface area contributed by atoms with Crippen molar-refractivity contribution in [1.82, 2.24) is 4.90 Å². The molecule has 0 atom stereocenters. The van der Waals surface area contributed by atoms with E-state index >= 15 is 0 Å². The Morgan fingerprint density at radius 2 is 2.14 bits per heavy atom. The molecule has 1 aliphatic rings. The summed E-state index contributed by atoms with van der Waals surface area (Å²) in [6, 6.07) is 4.97. The van der Waals surface area contributed by atoms with Gasteiger partial charge >= 0.3 is 6.09 Å². The smallest absolute Gasteiger partial charge is 0.409 e. The molecule has 1 aliphatic heterocycles. The fraction of sp³-hybridized carbons (Fsp3) is 0.467. The summed E-state index contributed by atoms with van der Waals surface area (Å²) < 4.78 is 6.04. The minimum atomic E-state index is -0.247.